The molecule has 2 aliphatic heterocycles. The molecule has 1 aromatic carbocycles. The zero-order valence-electron chi connectivity index (χ0n) is 26.7. The highest BCUT2D eigenvalue weighted by Gasteiger charge is 2.48. The Bertz CT molecular complexity index is 1510. The van der Waals surface area contributed by atoms with Crippen LogP contribution in [0.15, 0.2) is 35.3 Å². The van der Waals surface area contributed by atoms with E-state index in [1.807, 2.05) is 13.0 Å². The van der Waals surface area contributed by atoms with Crippen LogP contribution in [0.4, 0.5) is 5.69 Å². The average Bonchev–Trinajstić information content (AvgIpc) is 3.81. The Hall–Kier alpha value is -3.14. The predicted octanol–water partition coefficient (Wildman–Crippen LogP) is 2.65. The summed E-state index contributed by atoms with van der Waals surface area (Å²) in [6, 6.07) is 2.50. The Kier molecular flexibility index (Phi) is 10.8. The number of ether oxygens (including phenoxy) is 3. The van der Waals surface area contributed by atoms with Crippen molar-refractivity contribution in [3.8, 4) is 5.75 Å². The molecule has 2 heterocycles. The molecule has 0 bridgehead atoms. The van der Waals surface area contributed by atoms with Gasteiger partial charge in [0.1, 0.15) is 29.2 Å². The SMILES string of the molecule is C=C[C@@](CC)(NC(=O)[C@@H]1C[C@@H](OC2=CC(OCC)Nc3c2ccc(OC)c3Br)CN1C(=O)C(C)(C)CO)C(=O)NS(=O)(=O)C1CC1. The lowest BCUT2D eigenvalue weighted by molar-refractivity contribution is -0.148. The zero-order chi connectivity index (χ0) is 34.0. The number of hydrogen-bond donors (Lipinski definition) is 4. The van der Waals surface area contributed by atoms with E-state index in [0.717, 1.165) is 0 Å². The van der Waals surface area contributed by atoms with Crippen molar-refractivity contribution < 1.29 is 42.1 Å². The zero-order valence-corrected chi connectivity index (χ0v) is 29.1. The fraction of sp³-hybridized carbons (Fsp3) is 0.581. The molecule has 4 rings (SSSR count). The van der Waals surface area contributed by atoms with Crippen molar-refractivity contribution in [3.63, 3.8) is 0 Å². The van der Waals surface area contributed by atoms with E-state index < -0.39 is 68.9 Å². The lowest BCUT2D eigenvalue weighted by atomic mass is 9.92. The van der Waals surface area contributed by atoms with E-state index in [-0.39, 0.29) is 19.4 Å². The first kappa shape index (κ1) is 35.7. The molecule has 3 aliphatic rings. The number of benzene rings is 1. The smallest absolute Gasteiger partial charge is 0.263 e. The summed E-state index contributed by atoms with van der Waals surface area (Å²) in [5, 5.41) is 15.3. The van der Waals surface area contributed by atoms with Crippen molar-refractivity contribution >= 4 is 55.1 Å². The highest BCUT2D eigenvalue weighted by molar-refractivity contribution is 9.10. The van der Waals surface area contributed by atoms with Crippen molar-refractivity contribution in [2.75, 3.05) is 32.2 Å². The molecular weight excluding hydrogens is 684 g/mol. The van der Waals surface area contributed by atoms with Gasteiger partial charge in [-0.1, -0.05) is 13.0 Å². The molecule has 0 aromatic heterocycles. The number of aliphatic hydroxyl groups is 1. The molecule has 3 amide bonds. The molecule has 1 saturated carbocycles. The number of methoxy groups -OCH3 is 1. The molecule has 254 valence electrons. The maximum Gasteiger partial charge on any atom is 0.263 e. The lowest BCUT2D eigenvalue weighted by Gasteiger charge is -2.34. The van der Waals surface area contributed by atoms with Crippen molar-refractivity contribution in [1.82, 2.24) is 14.9 Å². The Morgan fingerprint density at radius 3 is 2.50 bits per heavy atom. The van der Waals surface area contributed by atoms with E-state index in [1.165, 1.54) is 11.0 Å². The number of fused-ring (bicyclic) bond motifs is 1. The first-order valence-corrected chi connectivity index (χ1v) is 17.6. The van der Waals surface area contributed by atoms with Crippen LogP contribution in [0, 0.1) is 5.41 Å². The minimum atomic E-state index is -3.90. The van der Waals surface area contributed by atoms with Gasteiger partial charge in [-0.25, -0.2) is 8.42 Å². The van der Waals surface area contributed by atoms with Gasteiger partial charge in [-0.05, 0) is 68.1 Å². The molecular formula is C31H43BrN4O9S. The van der Waals surface area contributed by atoms with Gasteiger partial charge in [-0.2, -0.15) is 0 Å². The fourth-order valence-corrected chi connectivity index (χ4v) is 7.40. The summed E-state index contributed by atoms with van der Waals surface area (Å²) >= 11 is 3.58. The van der Waals surface area contributed by atoms with E-state index >= 15 is 0 Å². The van der Waals surface area contributed by atoms with Crippen LogP contribution in [0.2, 0.25) is 0 Å². The standard InChI is InChI=1S/C31H43BrN4O9S/c1-7-31(8-2,28(39)35-46(41,42)19-10-11-19)34-27(38)21-14-18(16-36(21)29(40)30(4,5)17-37)45-23-15-24(44-9-3)33-26-20(23)12-13-22(43-6)25(26)32/h7,12-13,15,18-19,21,24,33,37H,1,8-11,14,16-17H2,2-6H3,(H,34,38)(H,35,39)/t18-,21+,24?,31+/m1/s1. The highest BCUT2D eigenvalue weighted by Crippen LogP contribution is 2.42. The van der Waals surface area contributed by atoms with Gasteiger partial charge in [-0.15, -0.1) is 6.58 Å². The molecule has 0 spiro atoms. The molecule has 1 aromatic rings. The number of sulfonamides is 1. The summed E-state index contributed by atoms with van der Waals surface area (Å²) in [4.78, 5) is 42.3. The topological polar surface area (TPSA) is 173 Å². The average molecular weight is 728 g/mol. The highest BCUT2D eigenvalue weighted by atomic mass is 79.9. The molecule has 1 unspecified atom stereocenters. The van der Waals surface area contributed by atoms with Crippen molar-refractivity contribution in [3.05, 3.63) is 40.9 Å². The van der Waals surface area contributed by atoms with Gasteiger partial charge < -0.3 is 34.9 Å². The molecule has 46 heavy (non-hydrogen) atoms. The largest absolute Gasteiger partial charge is 0.495 e. The Labute approximate surface area is 278 Å². The van der Waals surface area contributed by atoms with Crippen molar-refractivity contribution in [2.24, 2.45) is 5.41 Å². The van der Waals surface area contributed by atoms with E-state index in [0.29, 0.717) is 46.7 Å². The number of hydrogen-bond acceptors (Lipinski definition) is 10. The fourth-order valence-electron chi connectivity index (χ4n) is 5.41. The summed E-state index contributed by atoms with van der Waals surface area (Å²) in [6.07, 6.45) is 2.73. The summed E-state index contributed by atoms with van der Waals surface area (Å²) < 4.78 is 45.6. The third kappa shape index (κ3) is 7.21. The number of anilines is 1. The number of halogens is 1. The van der Waals surface area contributed by atoms with Gasteiger partial charge in [0, 0.05) is 24.7 Å². The van der Waals surface area contributed by atoms with Crippen molar-refractivity contribution in [2.45, 2.75) is 82.5 Å². The Morgan fingerprint density at radius 1 is 1.24 bits per heavy atom. The summed E-state index contributed by atoms with van der Waals surface area (Å²) in [7, 11) is -2.34. The molecule has 15 heteroatoms. The third-order valence-corrected chi connectivity index (χ3v) is 11.1. The second-order valence-electron chi connectivity index (χ2n) is 12.2. The summed E-state index contributed by atoms with van der Waals surface area (Å²) in [5.41, 5.74) is -1.59. The molecule has 2 fully saturated rings. The summed E-state index contributed by atoms with van der Waals surface area (Å²) in [6.45, 7) is 10.3. The number of carbonyl (C=O) groups is 3. The Balaban J connectivity index is 1.63. The second kappa shape index (κ2) is 13.9. The number of rotatable bonds is 14. The van der Waals surface area contributed by atoms with Crippen LogP contribution in [-0.4, -0.2) is 92.2 Å². The quantitative estimate of drug-likeness (QED) is 0.209. The minimum Gasteiger partial charge on any atom is -0.495 e. The van der Waals surface area contributed by atoms with Crippen LogP contribution in [0.25, 0.3) is 5.76 Å². The van der Waals surface area contributed by atoms with Gasteiger partial charge in [0.25, 0.3) is 5.91 Å². The molecule has 1 aliphatic carbocycles. The van der Waals surface area contributed by atoms with Gasteiger partial charge in [0.15, 0.2) is 6.23 Å². The van der Waals surface area contributed by atoms with Crippen LogP contribution in [0.1, 0.15) is 58.9 Å². The predicted molar refractivity (Wildman–Crippen MR) is 175 cm³/mol. The van der Waals surface area contributed by atoms with Crippen molar-refractivity contribution in [1.29, 1.82) is 0 Å². The summed E-state index contributed by atoms with van der Waals surface area (Å²) in [5.74, 6) is -1.03. The van der Waals surface area contributed by atoms with E-state index in [9.17, 15) is 27.9 Å². The number of amides is 3. The van der Waals surface area contributed by atoms with E-state index in [2.05, 4.69) is 37.9 Å². The van der Waals surface area contributed by atoms with Crippen LogP contribution < -0.4 is 20.1 Å². The van der Waals surface area contributed by atoms with E-state index in [4.69, 9.17) is 14.2 Å². The van der Waals surface area contributed by atoms with Gasteiger partial charge >= 0.3 is 0 Å². The van der Waals surface area contributed by atoms with Gasteiger partial charge in [-0.3, -0.25) is 19.1 Å². The number of carbonyl (C=O) groups excluding carboxylic acids is 3. The number of likely N-dealkylation sites (tertiary alicyclic amines) is 1. The first-order chi connectivity index (χ1) is 21.7. The third-order valence-electron chi connectivity index (χ3n) is 8.48. The molecule has 4 atom stereocenters. The number of nitrogens with one attached hydrogen (secondary N) is 3. The molecule has 4 N–H and O–H groups in total. The second-order valence-corrected chi connectivity index (χ2v) is 15.0. The monoisotopic (exact) mass is 726 g/mol. The normalized spacial score (nSPS) is 22.5. The van der Waals surface area contributed by atoms with E-state index in [1.54, 1.807) is 40.0 Å². The van der Waals surface area contributed by atoms with Crippen LogP contribution in [-0.2, 0) is 33.9 Å². The van der Waals surface area contributed by atoms with Crippen LogP contribution >= 0.6 is 15.9 Å². The Morgan fingerprint density at radius 2 is 1.93 bits per heavy atom. The van der Waals surface area contributed by atoms with Gasteiger partial charge in [0.05, 0.1) is 41.1 Å². The van der Waals surface area contributed by atoms with Crippen LogP contribution in [0.5, 0.6) is 5.75 Å². The maximum atomic E-state index is 13.9. The number of nitrogens with zero attached hydrogens (tertiary/aromatic N) is 1. The molecule has 0 radical (unpaired) electrons. The van der Waals surface area contributed by atoms with Gasteiger partial charge in [0.2, 0.25) is 21.8 Å². The molecule has 1 saturated heterocycles. The minimum absolute atomic E-state index is 0.00478. The lowest BCUT2D eigenvalue weighted by Crippen LogP contribution is -2.62. The number of aliphatic hydroxyl groups excluding tert-OH is 1. The molecule has 13 nitrogen and oxygen atoms in total. The maximum absolute atomic E-state index is 13.9. The van der Waals surface area contributed by atoms with Crippen LogP contribution in [0.3, 0.4) is 0 Å². The first-order valence-electron chi connectivity index (χ1n) is 15.2.